The fourth-order valence-corrected chi connectivity index (χ4v) is 6.48. The van der Waals surface area contributed by atoms with Crippen LogP contribution in [0.25, 0.3) is 0 Å². The summed E-state index contributed by atoms with van der Waals surface area (Å²) in [6.45, 7) is 3.83. The number of hydrogen-bond donors (Lipinski definition) is 0. The smallest absolute Gasteiger partial charge is 0.431 e. The maximum Gasteiger partial charge on any atom is 0.514 e. The number of nitrogens with zero attached hydrogens (tertiary/aromatic N) is 3. The summed E-state index contributed by atoms with van der Waals surface area (Å²) in [7, 11) is 0. The lowest BCUT2D eigenvalue weighted by Crippen LogP contribution is -2.66. The van der Waals surface area contributed by atoms with Crippen LogP contribution in [0.5, 0.6) is 5.75 Å². The summed E-state index contributed by atoms with van der Waals surface area (Å²) in [4.78, 5) is 41.7. The van der Waals surface area contributed by atoms with Gasteiger partial charge in [0.05, 0.1) is 25.4 Å². The number of thioether (sulfide) groups is 1. The number of halogens is 2. The number of benzene rings is 2. The zero-order valence-corrected chi connectivity index (χ0v) is 22.5. The maximum absolute atomic E-state index is 15.3. The van der Waals surface area contributed by atoms with Gasteiger partial charge in [0.1, 0.15) is 6.17 Å². The SMILES string of the molecule is CC(C)OC(=O)Oc1c2n(ccc1=O)N([C@@H]1c3ccccc3SCc3c1ccc(F)c3F)C1COCCN1C2=O. The Morgan fingerprint density at radius 3 is 2.70 bits per heavy atom. The Hall–Kier alpha value is -3.90. The molecule has 1 aromatic heterocycles. The van der Waals surface area contributed by atoms with Gasteiger partial charge in [-0.15, -0.1) is 11.8 Å². The van der Waals surface area contributed by atoms with E-state index in [9.17, 15) is 18.8 Å². The molecule has 2 atom stereocenters. The number of carbonyl (C=O) groups is 2. The van der Waals surface area contributed by atoms with Crippen LogP contribution < -0.4 is 15.2 Å². The number of hydrogen-bond acceptors (Lipinski definition) is 8. The van der Waals surface area contributed by atoms with E-state index >= 15 is 4.39 Å². The lowest BCUT2D eigenvalue weighted by molar-refractivity contribution is -0.0199. The first kappa shape index (κ1) is 26.3. The summed E-state index contributed by atoms with van der Waals surface area (Å²) < 4.78 is 47.3. The minimum absolute atomic E-state index is 0.119. The zero-order chi connectivity index (χ0) is 28.1. The van der Waals surface area contributed by atoms with E-state index in [1.807, 2.05) is 24.3 Å². The average Bonchev–Trinajstić information content (AvgIpc) is 3.09. The fraction of sp³-hybridized carbons (Fsp3) is 0.321. The Kier molecular flexibility index (Phi) is 6.75. The van der Waals surface area contributed by atoms with Crippen LogP contribution >= 0.6 is 11.8 Å². The van der Waals surface area contributed by atoms with Gasteiger partial charge in [0, 0.05) is 35.0 Å². The Balaban J connectivity index is 1.61. The van der Waals surface area contributed by atoms with E-state index in [4.69, 9.17) is 14.2 Å². The van der Waals surface area contributed by atoms with Crippen molar-refractivity contribution in [1.29, 1.82) is 0 Å². The lowest BCUT2D eigenvalue weighted by atomic mass is 9.93. The van der Waals surface area contributed by atoms with Gasteiger partial charge in [0.2, 0.25) is 11.2 Å². The van der Waals surface area contributed by atoms with E-state index in [-0.39, 0.29) is 36.8 Å². The van der Waals surface area contributed by atoms with Gasteiger partial charge in [-0.25, -0.2) is 13.6 Å². The largest absolute Gasteiger partial charge is 0.514 e. The molecule has 9 nitrogen and oxygen atoms in total. The van der Waals surface area contributed by atoms with E-state index in [0.717, 1.165) is 16.5 Å². The molecule has 208 valence electrons. The monoisotopic (exact) mass is 569 g/mol. The molecule has 6 rings (SSSR count). The average molecular weight is 570 g/mol. The number of aromatic nitrogens is 1. The van der Waals surface area contributed by atoms with Crippen LogP contribution in [0.2, 0.25) is 0 Å². The minimum Gasteiger partial charge on any atom is -0.431 e. The molecular formula is C28H25F2N3O6S. The topological polar surface area (TPSA) is 90.3 Å². The summed E-state index contributed by atoms with van der Waals surface area (Å²) >= 11 is 1.38. The van der Waals surface area contributed by atoms with Crippen molar-refractivity contribution in [2.24, 2.45) is 0 Å². The van der Waals surface area contributed by atoms with E-state index in [0.29, 0.717) is 5.56 Å². The first-order valence-electron chi connectivity index (χ1n) is 12.8. The summed E-state index contributed by atoms with van der Waals surface area (Å²) in [5, 5.41) is 1.80. The molecule has 4 heterocycles. The second-order valence-corrected chi connectivity index (χ2v) is 10.8. The van der Waals surface area contributed by atoms with Gasteiger partial charge in [0.25, 0.3) is 5.91 Å². The number of pyridine rings is 1. The van der Waals surface area contributed by atoms with Gasteiger partial charge in [-0.1, -0.05) is 24.3 Å². The molecule has 3 aromatic rings. The minimum atomic E-state index is -1.12. The normalized spacial score (nSPS) is 19.8. The molecule has 0 aliphatic carbocycles. The van der Waals surface area contributed by atoms with Crippen LogP contribution in [0.1, 0.15) is 47.1 Å². The van der Waals surface area contributed by atoms with Crippen molar-refractivity contribution in [3.05, 3.63) is 92.9 Å². The second kappa shape index (κ2) is 10.3. The van der Waals surface area contributed by atoms with E-state index < -0.39 is 53.2 Å². The maximum atomic E-state index is 15.3. The molecule has 0 bridgehead atoms. The van der Waals surface area contributed by atoms with Crippen LogP contribution in [0.3, 0.4) is 0 Å². The Morgan fingerprint density at radius 2 is 1.90 bits per heavy atom. The van der Waals surface area contributed by atoms with Gasteiger partial charge < -0.3 is 19.1 Å². The molecule has 0 N–H and O–H groups in total. The van der Waals surface area contributed by atoms with Crippen molar-refractivity contribution in [1.82, 2.24) is 9.58 Å². The third-order valence-electron chi connectivity index (χ3n) is 7.05. The summed E-state index contributed by atoms with van der Waals surface area (Å²) in [6.07, 6.45) is -0.891. The van der Waals surface area contributed by atoms with E-state index in [1.165, 1.54) is 28.7 Å². The Bertz CT molecular complexity index is 1580. The van der Waals surface area contributed by atoms with Crippen LogP contribution in [0.15, 0.2) is 58.4 Å². The highest BCUT2D eigenvalue weighted by atomic mass is 32.2. The molecule has 3 aliphatic rings. The molecule has 0 saturated carbocycles. The van der Waals surface area contributed by atoms with Crippen molar-refractivity contribution >= 4 is 23.8 Å². The van der Waals surface area contributed by atoms with Crippen LogP contribution in [0.4, 0.5) is 13.6 Å². The van der Waals surface area contributed by atoms with Crippen LogP contribution in [-0.2, 0) is 15.2 Å². The highest BCUT2D eigenvalue weighted by Crippen LogP contribution is 2.45. The van der Waals surface area contributed by atoms with Crippen molar-refractivity contribution in [2.75, 3.05) is 24.8 Å². The summed E-state index contributed by atoms with van der Waals surface area (Å²) in [5.41, 5.74) is 0.638. The van der Waals surface area contributed by atoms with Gasteiger partial charge in [0.15, 0.2) is 17.3 Å². The fourth-order valence-electron chi connectivity index (χ4n) is 5.37. The van der Waals surface area contributed by atoms with Crippen LogP contribution in [0, 0.1) is 11.6 Å². The zero-order valence-electron chi connectivity index (χ0n) is 21.6. The third kappa shape index (κ3) is 4.31. The standard InChI is InChI=1S/C28H25F2N3O6S/c1-15(2)38-28(36)39-26-20(34)9-10-32-25(26)27(35)31-11-12-37-13-22(31)33(32)24-16-7-8-19(29)23(30)18(16)14-40-21-6-4-3-5-17(21)24/h3-10,15,22,24H,11-14H2,1-2H3/t22?,24-/m0/s1. The molecule has 1 saturated heterocycles. The predicted octanol–water partition coefficient (Wildman–Crippen LogP) is 4.20. The molecule has 1 amide bonds. The second-order valence-electron chi connectivity index (χ2n) is 9.81. The number of fused-ring (bicyclic) bond motifs is 4. The Morgan fingerprint density at radius 1 is 1.10 bits per heavy atom. The van der Waals surface area contributed by atoms with Crippen LogP contribution in [-0.4, -0.2) is 53.7 Å². The first-order chi connectivity index (χ1) is 19.3. The third-order valence-corrected chi connectivity index (χ3v) is 8.17. The van der Waals surface area contributed by atoms with Crippen molar-refractivity contribution in [2.45, 2.75) is 42.8 Å². The van der Waals surface area contributed by atoms with Gasteiger partial charge in [-0.3, -0.25) is 19.3 Å². The molecule has 0 spiro atoms. The number of morpholine rings is 1. The number of amides is 1. The molecule has 12 heteroatoms. The number of carbonyl (C=O) groups excluding carboxylic acids is 2. The number of rotatable bonds is 3. The van der Waals surface area contributed by atoms with Gasteiger partial charge in [-0.2, -0.15) is 0 Å². The molecule has 1 fully saturated rings. The Labute approximate surface area is 232 Å². The van der Waals surface area contributed by atoms with Gasteiger partial charge >= 0.3 is 6.16 Å². The van der Waals surface area contributed by atoms with E-state index in [1.54, 1.807) is 29.8 Å². The molecule has 0 radical (unpaired) electrons. The lowest BCUT2D eigenvalue weighted by Gasteiger charge is -2.51. The summed E-state index contributed by atoms with van der Waals surface area (Å²) in [6, 6.07) is 10.6. The molecule has 2 aromatic carbocycles. The quantitative estimate of drug-likeness (QED) is 0.434. The molecule has 40 heavy (non-hydrogen) atoms. The first-order valence-corrected chi connectivity index (χ1v) is 13.7. The van der Waals surface area contributed by atoms with Crippen molar-refractivity contribution < 1.29 is 32.6 Å². The highest BCUT2D eigenvalue weighted by molar-refractivity contribution is 7.98. The van der Waals surface area contributed by atoms with E-state index in [2.05, 4.69) is 0 Å². The van der Waals surface area contributed by atoms with Crippen molar-refractivity contribution in [3.8, 4) is 5.75 Å². The van der Waals surface area contributed by atoms with Crippen molar-refractivity contribution in [3.63, 3.8) is 0 Å². The van der Waals surface area contributed by atoms with Gasteiger partial charge in [-0.05, 0) is 37.1 Å². The predicted molar refractivity (Wildman–Crippen MR) is 141 cm³/mol. The number of ether oxygens (including phenoxy) is 3. The highest BCUT2D eigenvalue weighted by Gasteiger charge is 2.46. The molecule has 3 aliphatic heterocycles. The molecular weight excluding hydrogens is 544 g/mol. The molecule has 1 unspecified atom stereocenters. The summed E-state index contributed by atoms with van der Waals surface area (Å²) in [5.74, 6) is -2.71.